The van der Waals surface area contributed by atoms with E-state index in [4.69, 9.17) is 10.8 Å². The van der Waals surface area contributed by atoms with Crippen LogP contribution >= 0.6 is 0 Å². The third-order valence-electron chi connectivity index (χ3n) is 2.29. The highest BCUT2D eigenvalue weighted by Gasteiger charge is 2.10. The Morgan fingerprint density at radius 3 is 2.72 bits per heavy atom. The van der Waals surface area contributed by atoms with E-state index >= 15 is 0 Å². The van der Waals surface area contributed by atoms with Gasteiger partial charge in [-0.1, -0.05) is 6.92 Å². The average Bonchev–Trinajstić information content (AvgIpc) is 2.33. The Kier molecular flexibility index (Phi) is 4.98. The number of carbonyl (C=O) groups is 2. The first-order valence-electron chi connectivity index (χ1n) is 5.68. The van der Waals surface area contributed by atoms with Gasteiger partial charge in [0.2, 0.25) is 5.91 Å². The summed E-state index contributed by atoms with van der Waals surface area (Å²) in [5.74, 6) is -1.25. The lowest BCUT2D eigenvalue weighted by atomic mass is 10.1. The monoisotopic (exact) mass is 251 g/mol. The fraction of sp³-hybridized carbons (Fsp3) is 0.333. The zero-order valence-corrected chi connectivity index (χ0v) is 10.2. The Morgan fingerprint density at radius 2 is 2.11 bits per heavy atom. The topological polar surface area (TPSA) is 104 Å². The molecule has 0 bridgehead atoms. The van der Waals surface area contributed by atoms with Gasteiger partial charge in [-0.15, -0.1) is 0 Å². The Labute approximate surface area is 105 Å². The van der Waals surface area contributed by atoms with Crippen molar-refractivity contribution in [1.29, 1.82) is 0 Å². The number of hydrogen-bond acceptors (Lipinski definition) is 4. The third kappa shape index (κ3) is 3.97. The van der Waals surface area contributed by atoms with E-state index in [1.807, 2.05) is 6.92 Å². The van der Waals surface area contributed by atoms with E-state index in [-0.39, 0.29) is 18.0 Å². The van der Waals surface area contributed by atoms with Crippen molar-refractivity contribution in [2.45, 2.75) is 13.3 Å². The van der Waals surface area contributed by atoms with E-state index in [9.17, 15) is 9.59 Å². The van der Waals surface area contributed by atoms with Crippen molar-refractivity contribution in [2.75, 3.05) is 24.1 Å². The van der Waals surface area contributed by atoms with Crippen LogP contribution in [0.25, 0.3) is 0 Å². The van der Waals surface area contributed by atoms with Crippen LogP contribution in [-0.2, 0) is 4.79 Å². The molecule has 18 heavy (non-hydrogen) atoms. The molecule has 0 saturated carbocycles. The summed E-state index contributed by atoms with van der Waals surface area (Å²) in [6.07, 6.45) is 0.852. The normalized spacial score (nSPS) is 9.83. The number of carboxylic acid groups (broad SMARTS) is 1. The molecule has 0 aliphatic heterocycles. The first kappa shape index (κ1) is 13.8. The second-order valence-corrected chi connectivity index (χ2v) is 3.81. The molecule has 1 aromatic rings. The van der Waals surface area contributed by atoms with E-state index in [1.54, 1.807) is 0 Å². The molecule has 1 amide bonds. The van der Waals surface area contributed by atoms with Gasteiger partial charge in [0.25, 0.3) is 0 Å². The van der Waals surface area contributed by atoms with Gasteiger partial charge in [0.15, 0.2) is 0 Å². The van der Waals surface area contributed by atoms with Crippen molar-refractivity contribution in [2.24, 2.45) is 0 Å². The van der Waals surface area contributed by atoms with Crippen LogP contribution in [0.4, 0.5) is 11.4 Å². The number of nitrogens with two attached hydrogens (primary N) is 1. The van der Waals surface area contributed by atoms with Gasteiger partial charge in [-0.3, -0.25) is 4.79 Å². The molecule has 0 unspecified atom stereocenters. The van der Waals surface area contributed by atoms with E-state index in [0.717, 1.165) is 6.42 Å². The van der Waals surface area contributed by atoms with Gasteiger partial charge in [0.1, 0.15) is 0 Å². The highest BCUT2D eigenvalue weighted by Crippen LogP contribution is 2.18. The SMILES string of the molecule is CCCNC(=O)CNc1cc(N)ccc1C(=O)O. The van der Waals surface area contributed by atoms with Gasteiger partial charge in [-0.2, -0.15) is 0 Å². The van der Waals surface area contributed by atoms with Crippen LogP contribution in [0.3, 0.4) is 0 Å². The number of hydrogen-bond donors (Lipinski definition) is 4. The number of aromatic carboxylic acids is 1. The minimum absolute atomic E-state index is 0.0176. The molecule has 6 heteroatoms. The van der Waals surface area contributed by atoms with E-state index in [1.165, 1.54) is 18.2 Å². The van der Waals surface area contributed by atoms with Gasteiger partial charge >= 0.3 is 5.97 Å². The summed E-state index contributed by atoms with van der Waals surface area (Å²) in [6, 6.07) is 4.41. The lowest BCUT2D eigenvalue weighted by Gasteiger charge is -2.10. The number of rotatable bonds is 6. The Hall–Kier alpha value is -2.24. The van der Waals surface area contributed by atoms with Crippen molar-refractivity contribution >= 4 is 23.3 Å². The molecule has 0 atom stereocenters. The molecule has 0 radical (unpaired) electrons. The summed E-state index contributed by atoms with van der Waals surface area (Å²) < 4.78 is 0. The third-order valence-corrected chi connectivity index (χ3v) is 2.29. The molecule has 5 N–H and O–H groups in total. The highest BCUT2D eigenvalue weighted by molar-refractivity contribution is 5.95. The second kappa shape index (κ2) is 6.48. The van der Waals surface area contributed by atoms with Crippen molar-refractivity contribution in [3.63, 3.8) is 0 Å². The molecule has 0 fully saturated rings. The molecule has 98 valence electrons. The van der Waals surface area contributed by atoms with Crippen LogP contribution < -0.4 is 16.4 Å². The van der Waals surface area contributed by atoms with Crippen LogP contribution in [0, 0.1) is 0 Å². The summed E-state index contributed by atoms with van der Waals surface area (Å²) in [5, 5.41) is 14.4. The van der Waals surface area contributed by atoms with Crippen LogP contribution in [-0.4, -0.2) is 30.1 Å². The first-order chi connectivity index (χ1) is 8.54. The smallest absolute Gasteiger partial charge is 0.337 e. The Bertz CT molecular complexity index is 446. The predicted octanol–water partition coefficient (Wildman–Crippen LogP) is 0.905. The molecular weight excluding hydrogens is 234 g/mol. The quantitative estimate of drug-likeness (QED) is 0.562. The predicted molar refractivity (Wildman–Crippen MR) is 69.6 cm³/mol. The molecule has 1 rings (SSSR count). The summed E-state index contributed by atoms with van der Waals surface area (Å²) in [6.45, 7) is 2.57. The molecule has 0 aliphatic carbocycles. The van der Waals surface area contributed by atoms with Gasteiger partial charge in [-0.25, -0.2) is 4.79 Å². The fourth-order valence-electron chi connectivity index (χ4n) is 1.40. The fourth-order valence-corrected chi connectivity index (χ4v) is 1.40. The van der Waals surface area contributed by atoms with E-state index < -0.39 is 5.97 Å². The molecule has 0 aliphatic rings. The Morgan fingerprint density at radius 1 is 1.39 bits per heavy atom. The number of nitrogens with one attached hydrogen (secondary N) is 2. The molecule has 0 spiro atoms. The van der Waals surface area contributed by atoms with Gasteiger partial charge in [0, 0.05) is 12.2 Å². The van der Waals surface area contributed by atoms with Crippen molar-refractivity contribution in [3.05, 3.63) is 23.8 Å². The molecule has 1 aromatic carbocycles. The largest absolute Gasteiger partial charge is 0.478 e. The lowest BCUT2D eigenvalue weighted by molar-refractivity contribution is -0.119. The van der Waals surface area contributed by atoms with Gasteiger partial charge < -0.3 is 21.5 Å². The van der Waals surface area contributed by atoms with E-state index in [0.29, 0.717) is 17.9 Å². The number of carbonyl (C=O) groups excluding carboxylic acids is 1. The standard InChI is InChI=1S/C12H17N3O3/c1-2-5-14-11(16)7-15-10-6-8(13)3-4-9(10)12(17)18/h3-4,6,15H,2,5,7,13H2,1H3,(H,14,16)(H,17,18). The summed E-state index contributed by atoms with van der Waals surface area (Å²) in [7, 11) is 0. The maximum absolute atomic E-state index is 11.4. The lowest BCUT2D eigenvalue weighted by Crippen LogP contribution is -2.30. The first-order valence-corrected chi connectivity index (χ1v) is 5.68. The molecule has 0 heterocycles. The van der Waals surface area contributed by atoms with Crippen molar-refractivity contribution in [3.8, 4) is 0 Å². The summed E-state index contributed by atoms with van der Waals surface area (Å²) >= 11 is 0. The number of benzene rings is 1. The average molecular weight is 251 g/mol. The number of carboxylic acids is 1. The molecule has 0 aromatic heterocycles. The Balaban J connectivity index is 2.68. The number of anilines is 2. The van der Waals surface area contributed by atoms with Crippen LogP contribution in [0.1, 0.15) is 23.7 Å². The zero-order valence-electron chi connectivity index (χ0n) is 10.2. The van der Waals surface area contributed by atoms with Crippen LogP contribution in [0.2, 0.25) is 0 Å². The minimum Gasteiger partial charge on any atom is -0.478 e. The number of nitrogen functional groups attached to an aromatic ring is 1. The van der Waals surface area contributed by atoms with Crippen molar-refractivity contribution in [1.82, 2.24) is 5.32 Å². The summed E-state index contributed by atoms with van der Waals surface area (Å²) in [5.41, 5.74) is 6.45. The minimum atomic E-state index is -1.06. The van der Waals surface area contributed by atoms with Gasteiger partial charge in [-0.05, 0) is 24.6 Å². The molecular formula is C12H17N3O3. The van der Waals surface area contributed by atoms with E-state index in [2.05, 4.69) is 10.6 Å². The maximum atomic E-state index is 11.4. The zero-order chi connectivity index (χ0) is 13.5. The van der Waals surface area contributed by atoms with Crippen LogP contribution in [0.5, 0.6) is 0 Å². The summed E-state index contributed by atoms with van der Waals surface area (Å²) in [4.78, 5) is 22.4. The second-order valence-electron chi connectivity index (χ2n) is 3.81. The maximum Gasteiger partial charge on any atom is 0.337 e. The van der Waals surface area contributed by atoms with Crippen LogP contribution in [0.15, 0.2) is 18.2 Å². The molecule has 6 nitrogen and oxygen atoms in total. The highest BCUT2D eigenvalue weighted by atomic mass is 16.4. The van der Waals surface area contributed by atoms with Crippen molar-refractivity contribution < 1.29 is 14.7 Å². The van der Waals surface area contributed by atoms with Gasteiger partial charge in [0.05, 0.1) is 17.8 Å². The number of amides is 1. The molecule has 0 saturated heterocycles.